The molecule has 3 rings (SSSR count). The van der Waals surface area contributed by atoms with E-state index < -0.39 is 0 Å². The summed E-state index contributed by atoms with van der Waals surface area (Å²) in [5, 5.41) is 0. The smallest absolute Gasteiger partial charge is 0.0462 e. The van der Waals surface area contributed by atoms with Crippen LogP contribution in [-0.4, -0.2) is 13.7 Å². The van der Waals surface area contributed by atoms with Gasteiger partial charge in [-0.25, -0.2) is 0 Å². The summed E-state index contributed by atoms with van der Waals surface area (Å²) in [4.78, 5) is 0. The Bertz CT molecular complexity index is 528. The Morgan fingerprint density at radius 3 is 2.10 bits per heavy atom. The first kappa shape index (κ1) is 13.4. The third-order valence-electron chi connectivity index (χ3n) is 4.33. The molecule has 0 radical (unpaired) electrons. The predicted octanol–water partition coefficient (Wildman–Crippen LogP) is 4.54. The van der Waals surface area contributed by atoms with Crippen molar-refractivity contribution in [3.05, 3.63) is 70.8 Å². The summed E-state index contributed by atoms with van der Waals surface area (Å²) in [7, 11) is 1.78. The van der Waals surface area contributed by atoms with Gasteiger partial charge in [-0.2, -0.15) is 0 Å². The Morgan fingerprint density at radius 1 is 0.900 bits per heavy atom. The van der Waals surface area contributed by atoms with Crippen LogP contribution in [-0.2, 0) is 11.2 Å². The van der Waals surface area contributed by atoms with E-state index in [-0.39, 0.29) is 0 Å². The van der Waals surface area contributed by atoms with Crippen molar-refractivity contribution in [1.29, 1.82) is 0 Å². The van der Waals surface area contributed by atoms with E-state index in [0.717, 1.165) is 19.4 Å². The molecule has 0 unspecified atom stereocenters. The minimum absolute atomic E-state index is 0.563. The summed E-state index contributed by atoms with van der Waals surface area (Å²) in [6, 6.07) is 17.9. The summed E-state index contributed by atoms with van der Waals surface area (Å²) in [5.41, 5.74) is 6.07. The summed E-state index contributed by atoms with van der Waals surface area (Å²) in [6.07, 6.45) is 4.68. The van der Waals surface area contributed by atoms with Crippen molar-refractivity contribution in [3.63, 3.8) is 0 Å². The highest BCUT2D eigenvalue weighted by Crippen LogP contribution is 2.39. The third-order valence-corrected chi connectivity index (χ3v) is 4.33. The molecular weight excluding hydrogens is 244 g/mol. The molecule has 0 atom stereocenters. The average Bonchev–Trinajstić information content (AvgIpc) is 2.50. The lowest BCUT2D eigenvalue weighted by molar-refractivity contribution is 0.191. The lowest BCUT2D eigenvalue weighted by atomic mass is 9.76. The minimum atomic E-state index is 0.563. The Morgan fingerprint density at radius 2 is 1.50 bits per heavy atom. The molecular formula is C19H22O. The van der Waals surface area contributed by atoms with Crippen LogP contribution in [0.5, 0.6) is 0 Å². The second-order valence-corrected chi connectivity index (χ2v) is 5.62. The Hall–Kier alpha value is -1.60. The molecule has 104 valence electrons. The van der Waals surface area contributed by atoms with E-state index in [1.54, 1.807) is 7.11 Å². The van der Waals surface area contributed by atoms with Crippen molar-refractivity contribution in [2.24, 2.45) is 0 Å². The van der Waals surface area contributed by atoms with E-state index in [9.17, 15) is 0 Å². The molecule has 0 saturated heterocycles. The Balaban J connectivity index is 1.87. The van der Waals surface area contributed by atoms with Crippen LogP contribution in [0.1, 0.15) is 47.4 Å². The molecule has 20 heavy (non-hydrogen) atoms. The molecule has 1 aliphatic carbocycles. The zero-order chi connectivity index (χ0) is 13.8. The number of hydrogen-bond donors (Lipinski definition) is 0. The Labute approximate surface area is 121 Å². The SMILES string of the molecule is COCCCCC1c2ccccc2Cc2ccccc21. The molecule has 0 saturated carbocycles. The van der Waals surface area contributed by atoms with E-state index >= 15 is 0 Å². The summed E-state index contributed by atoms with van der Waals surface area (Å²) < 4.78 is 5.17. The van der Waals surface area contributed by atoms with Gasteiger partial charge in [0.1, 0.15) is 0 Å². The van der Waals surface area contributed by atoms with Crippen LogP contribution in [0.25, 0.3) is 0 Å². The van der Waals surface area contributed by atoms with Gasteiger partial charge in [-0.05, 0) is 41.5 Å². The lowest BCUT2D eigenvalue weighted by Gasteiger charge is -2.28. The highest BCUT2D eigenvalue weighted by molar-refractivity contribution is 5.48. The molecule has 0 bridgehead atoms. The number of rotatable bonds is 5. The molecule has 1 heteroatoms. The third kappa shape index (κ3) is 2.64. The van der Waals surface area contributed by atoms with E-state index in [0.29, 0.717) is 5.92 Å². The number of unbranched alkanes of at least 4 members (excludes halogenated alkanes) is 1. The van der Waals surface area contributed by atoms with E-state index in [4.69, 9.17) is 4.74 Å². The van der Waals surface area contributed by atoms with Gasteiger partial charge in [0.25, 0.3) is 0 Å². The maximum atomic E-state index is 5.17. The fraction of sp³-hybridized carbons (Fsp3) is 0.368. The second-order valence-electron chi connectivity index (χ2n) is 5.62. The molecule has 2 aromatic rings. The monoisotopic (exact) mass is 266 g/mol. The van der Waals surface area contributed by atoms with Gasteiger partial charge in [0.2, 0.25) is 0 Å². The molecule has 1 nitrogen and oxygen atoms in total. The van der Waals surface area contributed by atoms with Crippen LogP contribution >= 0.6 is 0 Å². The van der Waals surface area contributed by atoms with Crippen LogP contribution < -0.4 is 0 Å². The summed E-state index contributed by atoms with van der Waals surface area (Å²) in [6.45, 7) is 0.871. The van der Waals surface area contributed by atoms with Crippen molar-refractivity contribution < 1.29 is 4.74 Å². The number of ether oxygens (including phenoxy) is 1. The second kappa shape index (κ2) is 6.23. The standard InChI is InChI=1S/C19H22O/c1-20-13-7-6-12-19-17-10-4-2-8-15(17)14-16-9-3-5-11-18(16)19/h2-5,8-11,19H,6-7,12-14H2,1H3. The van der Waals surface area contributed by atoms with Gasteiger partial charge in [0, 0.05) is 19.6 Å². The summed E-state index contributed by atoms with van der Waals surface area (Å²) >= 11 is 0. The Kier molecular flexibility index (Phi) is 4.17. The van der Waals surface area contributed by atoms with Gasteiger partial charge < -0.3 is 4.74 Å². The largest absolute Gasteiger partial charge is 0.385 e. The predicted molar refractivity (Wildman–Crippen MR) is 83.3 cm³/mol. The van der Waals surface area contributed by atoms with Crippen LogP contribution in [0.3, 0.4) is 0 Å². The van der Waals surface area contributed by atoms with Crippen molar-refractivity contribution in [3.8, 4) is 0 Å². The highest BCUT2D eigenvalue weighted by atomic mass is 16.5. The first-order valence-electron chi connectivity index (χ1n) is 7.54. The molecule has 1 aliphatic rings. The summed E-state index contributed by atoms with van der Waals surface area (Å²) in [5.74, 6) is 0.563. The first-order valence-corrected chi connectivity index (χ1v) is 7.54. The van der Waals surface area contributed by atoms with Crippen LogP contribution in [0.15, 0.2) is 48.5 Å². The number of hydrogen-bond acceptors (Lipinski definition) is 1. The van der Waals surface area contributed by atoms with Gasteiger partial charge >= 0.3 is 0 Å². The maximum absolute atomic E-state index is 5.17. The lowest BCUT2D eigenvalue weighted by Crippen LogP contribution is -2.13. The van der Waals surface area contributed by atoms with Crippen molar-refractivity contribution in [2.45, 2.75) is 31.6 Å². The van der Waals surface area contributed by atoms with Gasteiger partial charge in [-0.1, -0.05) is 55.0 Å². The van der Waals surface area contributed by atoms with Gasteiger partial charge in [-0.15, -0.1) is 0 Å². The number of benzene rings is 2. The fourth-order valence-electron chi connectivity index (χ4n) is 3.35. The quantitative estimate of drug-likeness (QED) is 0.722. The van der Waals surface area contributed by atoms with E-state index in [2.05, 4.69) is 48.5 Å². The van der Waals surface area contributed by atoms with Crippen molar-refractivity contribution in [2.75, 3.05) is 13.7 Å². The molecule has 0 heterocycles. The van der Waals surface area contributed by atoms with Crippen molar-refractivity contribution in [1.82, 2.24) is 0 Å². The normalized spacial score (nSPS) is 13.8. The molecule has 0 fully saturated rings. The molecule has 0 N–H and O–H groups in total. The molecule has 0 spiro atoms. The van der Waals surface area contributed by atoms with Crippen LogP contribution in [0.2, 0.25) is 0 Å². The van der Waals surface area contributed by atoms with Crippen molar-refractivity contribution >= 4 is 0 Å². The number of fused-ring (bicyclic) bond motifs is 2. The highest BCUT2D eigenvalue weighted by Gasteiger charge is 2.24. The topological polar surface area (TPSA) is 9.23 Å². The van der Waals surface area contributed by atoms with E-state index in [1.807, 2.05) is 0 Å². The van der Waals surface area contributed by atoms with Crippen LogP contribution in [0.4, 0.5) is 0 Å². The molecule has 0 aliphatic heterocycles. The molecule has 0 amide bonds. The molecule has 2 aromatic carbocycles. The zero-order valence-electron chi connectivity index (χ0n) is 12.1. The van der Waals surface area contributed by atoms with E-state index in [1.165, 1.54) is 35.1 Å². The van der Waals surface area contributed by atoms with Gasteiger partial charge in [0.05, 0.1) is 0 Å². The van der Waals surface area contributed by atoms with Crippen LogP contribution in [0, 0.1) is 0 Å². The molecule has 0 aromatic heterocycles. The minimum Gasteiger partial charge on any atom is -0.385 e. The average molecular weight is 266 g/mol. The maximum Gasteiger partial charge on any atom is 0.0462 e. The fourth-order valence-corrected chi connectivity index (χ4v) is 3.35. The van der Waals surface area contributed by atoms with Gasteiger partial charge in [0.15, 0.2) is 0 Å². The first-order chi connectivity index (χ1) is 9.90. The zero-order valence-corrected chi connectivity index (χ0v) is 12.1. The van der Waals surface area contributed by atoms with Gasteiger partial charge in [-0.3, -0.25) is 0 Å². The number of methoxy groups -OCH3 is 1.